The maximum absolute atomic E-state index is 14.6. The Morgan fingerprint density at radius 2 is 2.09 bits per heavy atom. The molecule has 0 aliphatic carbocycles. The third-order valence-electron chi connectivity index (χ3n) is 5.11. The molecule has 4 aromatic rings. The molecule has 0 aliphatic heterocycles. The number of hydrogen-bond acceptors (Lipinski definition) is 6. The van der Waals surface area contributed by atoms with E-state index in [2.05, 4.69) is 20.4 Å². The van der Waals surface area contributed by atoms with E-state index in [1.165, 1.54) is 28.7 Å². The van der Waals surface area contributed by atoms with Crippen molar-refractivity contribution in [1.29, 1.82) is 0 Å². The van der Waals surface area contributed by atoms with E-state index in [-0.39, 0.29) is 12.1 Å². The molecule has 3 aromatic heterocycles. The van der Waals surface area contributed by atoms with E-state index in [9.17, 15) is 18.7 Å². The molecule has 164 valence electrons. The molecule has 0 bridgehead atoms. The van der Waals surface area contributed by atoms with Crippen molar-refractivity contribution in [2.75, 3.05) is 0 Å². The number of nitrogens with one attached hydrogen (secondary N) is 1. The summed E-state index contributed by atoms with van der Waals surface area (Å²) in [4.78, 5) is 22.1. The summed E-state index contributed by atoms with van der Waals surface area (Å²) in [5, 5.41) is 18.2. The zero-order chi connectivity index (χ0) is 22.7. The van der Waals surface area contributed by atoms with E-state index in [0.717, 1.165) is 22.6 Å². The molecule has 3 heterocycles. The molecular formula is C22H19F2N5O2S. The molecule has 0 saturated carbocycles. The maximum Gasteiger partial charge on any atom is 0.261 e. The Hall–Kier alpha value is -3.50. The SMILES string of the molecule is C[C@@H](NC(=O)c1ccc(-c2cccnc2)s1)[C@](O)(Cn1cncn1)c1ccc(F)cc1F. The second-order valence-electron chi connectivity index (χ2n) is 7.24. The topological polar surface area (TPSA) is 92.9 Å². The van der Waals surface area contributed by atoms with Crippen molar-refractivity contribution < 1.29 is 18.7 Å². The van der Waals surface area contributed by atoms with Gasteiger partial charge in [0.2, 0.25) is 0 Å². The van der Waals surface area contributed by atoms with Gasteiger partial charge in [-0.25, -0.2) is 18.4 Å². The van der Waals surface area contributed by atoms with E-state index >= 15 is 0 Å². The Balaban J connectivity index is 1.60. The molecule has 2 N–H and O–H groups in total. The van der Waals surface area contributed by atoms with Crippen molar-refractivity contribution in [3.63, 3.8) is 0 Å². The minimum absolute atomic E-state index is 0.163. The number of thiophene rings is 1. The lowest BCUT2D eigenvalue weighted by atomic mass is 9.86. The van der Waals surface area contributed by atoms with Gasteiger partial charge in [-0.1, -0.05) is 12.1 Å². The van der Waals surface area contributed by atoms with E-state index in [4.69, 9.17) is 0 Å². The van der Waals surface area contributed by atoms with Crippen LogP contribution in [0.3, 0.4) is 0 Å². The third-order valence-corrected chi connectivity index (χ3v) is 6.24. The lowest BCUT2D eigenvalue weighted by molar-refractivity contribution is -0.0185. The van der Waals surface area contributed by atoms with Crippen LogP contribution in [-0.4, -0.2) is 36.8 Å². The number of halogens is 2. The van der Waals surface area contributed by atoms with E-state index < -0.39 is 29.2 Å². The quantitative estimate of drug-likeness (QED) is 0.446. The van der Waals surface area contributed by atoms with Gasteiger partial charge in [0.15, 0.2) is 0 Å². The predicted octanol–water partition coefficient (Wildman–Crippen LogP) is 3.39. The first-order chi connectivity index (χ1) is 15.4. The molecule has 2 atom stereocenters. The molecule has 4 rings (SSSR count). The summed E-state index contributed by atoms with van der Waals surface area (Å²) in [5.41, 5.74) is -1.21. The number of nitrogens with zero attached hydrogens (tertiary/aromatic N) is 4. The summed E-state index contributed by atoms with van der Waals surface area (Å²) in [6, 6.07) is 9.12. The molecule has 10 heteroatoms. The normalized spacial score (nSPS) is 14.0. The highest BCUT2D eigenvalue weighted by Gasteiger charge is 2.40. The van der Waals surface area contributed by atoms with Gasteiger partial charge in [0, 0.05) is 34.5 Å². The molecule has 0 unspecified atom stereocenters. The average Bonchev–Trinajstić information content (AvgIpc) is 3.46. The van der Waals surface area contributed by atoms with Crippen LogP contribution in [0.5, 0.6) is 0 Å². The van der Waals surface area contributed by atoms with Gasteiger partial charge < -0.3 is 10.4 Å². The van der Waals surface area contributed by atoms with Gasteiger partial charge in [-0.05, 0) is 31.2 Å². The molecular weight excluding hydrogens is 436 g/mol. The number of carbonyl (C=O) groups is 1. The van der Waals surface area contributed by atoms with Crippen LogP contribution >= 0.6 is 11.3 Å². The molecule has 7 nitrogen and oxygen atoms in total. The lowest BCUT2D eigenvalue weighted by Gasteiger charge is -2.35. The molecule has 32 heavy (non-hydrogen) atoms. The summed E-state index contributed by atoms with van der Waals surface area (Å²) >= 11 is 1.27. The summed E-state index contributed by atoms with van der Waals surface area (Å²) in [6.45, 7) is 1.34. The van der Waals surface area contributed by atoms with Crippen molar-refractivity contribution in [3.05, 3.63) is 89.6 Å². The zero-order valence-electron chi connectivity index (χ0n) is 16.9. The first-order valence-corrected chi connectivity index (χ1v) is 10.5. The Kier molecular flexibility index (Phi) is 6.06. The van der Waals surface area contributed by atoms with Gasteiger partial charge in [-0.15, -0.1) is 11.3 Å². The monoisotopic (exact) mass is 455 g/mol. The first-order valence-electron chi connectivity index (χ1n) is 9.68. The zero-order valence-corrected chi connectivity index (χ0v) is 17.8. The van der Waals surface area contributed by atoms with Crippen molar-refractivity contribution in [3.8, 4) is 10.4 Å². The van der Waals surface area contributed by atoms with Crippen LogP contribution in [0.4, 0.5) is 8.78 Å². The third kappa shape index (κ3) is 4.41. The van der Waals surface area contributed by atoms with Crippen LogP contribution in [0, 0.1) is 11.6 Å². The largest absolute Gasteiger partial charge is 0.381 e. The van der Waals surface area contributed by atoms with Crippen LogP contribution in [0.1, 0.15) is 22.2 Å². The van der Waals surface area contributed by atoms with Gasteiger partial charge >= 0.3 is 0 Å². The Bertz CT molecular complexity index is 1220. The number of pyridine rings is 1. The minimum atomic E-state index is -1.93. The number of aliphatic hydroxyl groups is 1. The second-order valence-corrected chi connectivity index (χ2v) is 8.33. The molecule has 0 radical (unpaired) electrons. The lowest BCUT2D eigenvalue weighted by Crippen LogP contribution is -2.51. The van der Waals surface area contributed by atoms with Crippen molar-refractivity contribution in [2.45, 2.75) is 25.1 Å². The number of aromatic nitrogens is 4. The van der Waals surface area contributed by atoms with E-state index in [1.807, 2.05) is 12.1 Å². The van der Waals surface area contributed by atoms with Crippen molar-refractivity contribution in [1.82, 2.24) is 25.1 Å². The molecule has 0 spiro atoms. The van der Waals surface area contributed by atoms with E-state index in [1.54, 1.807) is 31.5 Å². The van der Waals surface area contributed by atoms with Crippen LogP contribution in [0.2, 0.25) is 0 Å². The summed E-state index contributed by atoms with van der Waals surface area (Å²) in [6.07, 6.45) is 6.00. The highest BCUT2D eigenvalue weighted by atomic mass is 32.1. The first kappa shape index (κ1) is 21.7. The highest BCUT2D eigenvalue weighted by Crippen LogP contribution is 2.31. The van der Waals surface area contributed by atoms with Gasteiger partial charge in [0.1, 0.15) is 29.9 Å². The highest BCUT2D eigenvalue weighted by molar-refractivity contribution is 7.17. The predicted molar refractivity (Wildman–Crippen MR) is 115 cm³/mol. The molecule has 0 saturated heterocycles. The number of benzene rings is 1. The van der Waals surface area contributed by atoms with Crippen molar-refractivity contribution in [2.24, 2.45) is 0 Å². The standard InChI is InChI=1S/C22H19F2N5O2S/c1-14(28-21(30)20-7-6-19(32-20)15-3-2-8-25-10-15)22(31,11-29-13-26-12-27-29)17-5-4-16(23)9-18(17)24/h2-10,12-14,31H,11H2,1H3,(H,28,30)/t14-,22-/m1/s1. The summed E-state index contributed by atoms with van der Waals surface area (Å²) in [7, 11) is 0. The van der Waals surface area contributed by atoms with Crippen LogP contribution < -0.4 is 5.32 Å². The summed E-state index contributed by atoms with van der Waals surface area (Å²) < 4.78 is 29.4. The van der Waals surface area contributed by atoms with Gasteiger partial charge in [-0.2, -0.15) is 5.10 Å². The molecule has 0 fully saturated rings. The number of amides is 1. The second kappa shape index (κ2) is 8.93. The Morgan fingerprint density at radius 1 is 1.25 bits per heavy atom. The molecule has 1 aromatic carbocycles. The molecule has 0 aliphatic rings. The summed E-state index contributed by atoms with van der Waals surface area (Å²) in [5.74, 6) is -2.13. The fourth-order valence-electron chi connectivity index (χ4n) is 3.37. The Labute approximate surface area is 186 Å². The maximum atomic E-state index is 14.6. The minimum Gasteiger partial charge on any atom is -0.381 e. The fourth-order valence-corrected chi connectivity index (χ4v) is 4.27. The molecule has 1 amide bonds. The Morgan fingerprint density at radius 3 is 2.78 bits per heavy atom. The van der Waals surface area contributed by atoms with Gasteiger partial charge in [0.25, 0.3) is 5.91 Å². The van der Waals surface area contributed by atoms with E-state index in [0.29, 0.717) is 10.9 Å². The van der Waals surface area contributed by atoms with Gasteiger partial charge in [-0.3, -0.25) is 9.78 Å². The average molecular weight is 455 g/mol. The van der Waals surface area contributed by atoms with Crippen LogP contribution in [-0.2, 0) is 12.1 Å². The van der Waals surface area contributed by atoms with Crippen LogP contribution in [0.25, 0.3) is 10.4 Å². The number of carbonyl (C=O) groups excluding carboxylic acids is 1. The van der Waals surface area contributed by atoms with Crippen molar-refractivity contribution >= 4 is 17.2 Å². The number of rotatable bonds is 7. The van der Waals surface area contributed by atoms with Gasteiger partial charge in [0.05, 0.1) is 17.5 Å². The fraction of sp³-hybridized carbons (Fsp3) is 0.182. The number of hydrogen-bond donors (Lipinski definition) is 2. The smallest absolute Gasteiger partial charge is 0.261 e. The van der Waals surface area contributed by atoms with Crippen LogP contribution in [0.15, 0.2) is 67.5 Å².